The summed E-state index contributed by atoms with van der Waals surface area (Å²) in [6.07, 6.45) is 6.83. The van der Waals surface area contributed by atoms with Gasteiger partial charge in [-0.3, -0.25) is 14.2 Å². The quantitative estimate of drug-likeness (QED) is 0.760. The maximum atomic E-state index is 12.4. The monoisotopic (exact) mass is 321 g/mol. The van der Waals surface area contributed by atoms with E-state index in [9.17, 15) is 9.59 Å². The molecule has 2 aromatic heterocycles. The zero-order valence-electron chi connectivity index (χ0n) is 13.2. The van der Waals surface area contributed by atoms with Crippen molar-refractivity contribution in [3.05, 3.63) is 27.6 Å². The van der Waals surface area contributed by atoms with E-state index in [-0.39, 0.29) is 18.0 Å². The van der Waals surface area contributed by atoms with Crippen molar-refractivity contribution in [2.45, 2.75) is 52.5 Å². The minimum absolute atomic E-state index is 0.0346. The molecule has 0 radical (unpaired) electrons. The fraction of sp³-hybridized carbons (Fsp3) is 0.562. The van der Waals surface area contributed by atoms with Gasteiger partial charge in [0.2, 0.25) is 5.91 Å². The number of nitrogens with one attached hydrogen (secondary N) is 1. The normalized spacial score (nSPS) is 11.0. The second kappa shape index (κ2) is 8.08. The minimum Gasteiger partial charge on any atom is -0.355 e. The van der Waals surface area contributed by atoms with E-state index >= 15 is 0 Å². The number of rotatable bonds is 8. The van der Waals surface area contributed by atoms with Crippen molar-refractivity contribution >= 4 is 27.5 Å². The van der Waals surface area contributed by atoms with Crippen molar-refractivity contribution in [2.75, 3.05) is 6.54 Å². The summed E-state index contributed by atoms with van der Waals surface area (Å²) in [5, 5.41) is 3.47. The summed E-state index contributed by atoms with van der Waals surface area (Å²) in [5.41, 5.74) is -0.137. The second-order valence-electron chi connectivity index (χ2n) is 5.37. The molecule has 0 atom stereocenters. The molecule has 1 N–H and O–H groups in total. The molecule has 0 aliphatic heterocycles. The largest absolute Gasteiger partial charge is 0.355 e. The fourth-order valence-electron chi connectivity index (χ4n) is 2.29. The summed E-state index contributed by atoms with van der Waals surface area (Å²) in [4.78, 5) is 30.4. The van der Waals surface area contributed by atoms with Crippen molar-refractivity contribution in [3.8, 4) is 0 Å². The number of aromatic nitrogens is 2. The molecule has 22 heavy (non-hydrogen) atoms. The Morgan fingerprint density at radius 1 is 1.32 bits per heavy atom. The van der Waals surface area contributed by atoms with Crippen molar-refractivity contribution in [1.82, 2.24) is 14.9 Å². The molecule has 120 valence electrons. The molecule has 0 saturated heterocycles. The van der Waals surface area contributed by atoms with Crippen molar-refractivity contribution < 1.29 is 4.79 Å². The molecule has 0 aliphatic carbocycles. The number of fused-ring (bicyclic) bond motifs is 1. The molecule has 0 unspecified atom stereocenters. The van der Waals surface area contributed by atoms with E-state index in [4.69, 9.17) is 0 Å². The zero-order chi connectivity index (χ0) is 15.9. The van der Waals surface area contributed by atoms with Gasteiger partial charge in [-0.1, -0.05) is 33.1 Å². The standard InChI is InChI=1S/C16H23N3O2S/c1-3-5-6-7-8-17-14(20)10-19-11-18-15-13(16(19)21)9-12(4-2)22-15/h9,11H,3-8,10H2,1-2H3,(H,17,20). The third-order valence-corrected chi connectivity index (χ3v) is 4.77. The first kappa shape index (κ1) is 16.7. The van der Waals surface area contributed by atoms with Crippen LogP contribution >= 0.6 is 11.3 Å². The molecular weight excluding hydrogens is 298 g/mol. The Hall–Kier alpha value is -1.69. The summed E-state index contributed by atoms with van der Waals surface area (Å²) >= 11 is 1.54. The van der Waals surface area contributed by atoms with Gasteiger partial charge in [0.15, 0.2) is 0 Å². The second-order valence-corrected chi connectivity index (χ2v) is 6.49. The van der Waals surface area contributed by atoms with Gasteiger partial charge < -0.3 is 5.32 Å². The van der Waals surface area contributed by atoms with E-state index in [1.54, 1.807) is 0 Å². The summed E-state index contributed by atoms with van der Waals surface area (Å²) in [6, 6.07) is 1.88. The molecule has 2 heterocycles. The topological polar surface area (TPSA) is 64.0 Å². The van der Waals surface area contributed by atoms with Crippen molar-refractivity contribution in [2.24, 2.45) is 0 Å². The molecule has 0 saturated carbocycles. The van der Waals surface area contributed by atoms with Gasteiger partial charge >= 0.3 is 0 Å². The zero-order valence-corrected chi connectivity index (χ0v) is 14.0. The Morgan fingerprint density at radius 3 is 2.86 bits per heavy atom. The molecule has 2 aromatic rings. The Morgan fingerprint density at radius 2 is 2.14 bits per heavy atom. The average molecular weight is 321 g/mol. The van der Waals surface area contributed by atoms with E-state index < -0.39 is 0 Å². The number of aryl methyl sites for hydroxylation is 1. The lowest BCUT2D eigenvalue weighted by Crippen LogP contribution is -2.32. The number of amides is 1. The molecule has 0 fully saturated rings. The van der Waals surface area contributed by atoms with Gasteiger partial charge in [0, 0.05) is 11.4 Å². The number of carbonyl (C=O) groups excluding carboxylic acids is 1. The lowest BCUT2D eigenvalue weighted by Gasteiger charge is -2.07. The van der Waals surface area contributed by atoms with Crippen LogP contribution in [0, 0.1) is 0 Å². The smallest absolute Gasteiger partial charge is 0.262 e. The van der Waals surface area contributed by atoms with Crippen LogP contribution in [0.15, 0.2) is 17.2 Å². The molecular formula is C16H23N3O2S. The minimum atomic E-state index is -0.137. The van der Waals surface area contributed by atoms with Crippen LogP contribution in [0.25, 0.3) is 10.2 Å². The first-order valence-corrected chi connectivity index (χ1v) is 8.72. The third kappa shape index (κ3) is 4.16. The highest BCUT2D eigenvalue weighted by Crippen LogP contribution is 2.20. The highest BCUT2D eigenvalue weighted by Gasteiger charge is 2.10. The van der Waals surface area contributed by atoms with Crippen molar-refractivity contribution in [1.29, 1.82) is 0 Å². The SMILES string of the molecule is CCCCCCNC(=O)Cn1cnc2sc(CC)cc2c1=O. The number of carbonyl (C=O) groups is 1. The first-order valence-electron chi connectivity index (χ1n) is 7.90. The molecule has 2 rings (SSSR count). The fourth-order valence-corrected chi connectivity index (χ4v) is 3.21. The average Bonchev–Trinajstić information content (AvgIpc) is 2.94. The molecule has 0 spiro atoms. The molecule has 0 bridgehead atoms. The predicted molar refractivity (Wildman–Crippen MR) is 90.4 cm³/mol. The highest BCUT2D eigenvalue weighted by atomic mass is 32.1. The number of hydrogen-bond donors (Lipinski definition) is 1. The van der Waals surface area contributed by atoms with Gasteiger partial charge in [0.05, 0.1) is 11.7 Å². The molecule has 6 heteroatoms. The van der Waals surface area contributed by atoms with Crippen molar-refractivity contribution in [3.63, 3.8) is 0 Å². The lowest BCUT2D eigenvalue weighted by atomic mass is 10.2. The van der Waals surface area contributed by atoms with Gasteiger partial charge in [-0.15, -0.1) is 11.3 Å². The van der Waals surface area contributed by atoms with Crippen LogP contribution in [0.5, 0.6) is 0 Å². The summed E-state index contributed by atoms with van der Waals surface area (Å²) in [7, 11) is 0. The van der Waals surface area contributed by atoms with E-state index in [1.807, 2.05) is 6.07 Å². The van der Waals surface area contributed by atoms with Gasteiger partial charge in [0.1, 0.15) is 11.4 Å². The number of hydrogen-bond acceptors (Lipinski definition) is 4. The van der Waals surface area contributed by atoms with E-state index in [2.05, 4.69) is 24.1 Å². The van der Waals surface area contributed by atoms with Crippen LogP contribution in [0.4, 0.5) is 0 Å². The Labute approximate surface area is 134 Å². The van der Waals surface area contributed by atoms with Crippen LogP contribution in [0.2, 0.25) is 0 Å². The van der Waals surface area contributed by atoms with Crippen LogP contribution in [0.3, 0.4) is 0 Å². The Kier molecular flexibility index (Phi) is 6.12. The molecule has 0 aliphatic rings. The highest BCUT2D eigenvalue weighted by molar-refractivity contribution is 7.18. The number of thiophene rings is 1. The summed E-state index contributed by atoms with van der Waals surface area (Å²) < 4.78 is 1.38. The van der Waals surface area contributed by atoms with E-state index in [1.165, 1.54) is 35.1 Å². The van der Waals surface area contributed by atoms with Crippen LogP contribution in [-0.2, 0) is 17.8 Å². The maximum Gasteiger partial charge on any atom is 0.262 e. The first-order chi connectivity index (χ1) is 10.7. The van der Waals surface area contributed by atoms with E-state index in [0.717, 1.165) is 29.0 Å². The summed E-state index contributed by atoms with van der Waals surface area (Å²) in [6.45, 7) is 4.91. The Bertz CT molecular complexity index is 690. The predicted octanol–water partition coefficient (Wildman–Crippen LogP) is 2.72. The van der Waals surface area contributed by atoms with Gasteiger partial charge in [-0.2, -0.15) is 0 Å². The van der Waals surface area contributed by atoms with Crippen LogP contribution in [0.1, 0.15) is 44.4 Å². The van der Waals surface area contributed by atoms with Gasteiger partial charge in [0.25, 0.3) is 5.56 Å². The van der Waals surface area contributed by atoms with Gasteiger partial charge in [-0.05, 0) is 18.9 Å². The third-order valence-electron chi connectivity index (χ3n) is 3.58. The lowest BCUT2D eigenvalue weighted by molar-refractivity contribution is -0.121. The molecule has 0 aromatic carbocycles. The maximum absolute atomic E-state index is 12.4. The molecule has 5 nitrogen and oxygen atoms in total. The van der Waals surface area contributed by atoms with Crippen LogP contribution in [-0.4, -0.2) is 22.0 Å². The Balaban J connectivity index is 1.97. The van der Waals surface area contributed by atoms with E-state index in [0.29, 0.717) is 11.9 Å². The van der Waals surface area contributed by atoms with Crippen LogP contribution < -0.4 is 10.9 Å². The molecule has 1 amide bonds. The number of nitrogens with zero attached hydrogens (tertiary/aromatic N) is 2. The van der Waals surface area contributed by atoms with Gasteiger partial charge in [-0.25, -0.2) is 4.98 Å². The number of unbranched alkanes of at least 4 members (excludes halogenated alkanes) is 3. The summed E-state index contributed by atoms with van der Waals surface area (Å²) in [5.74, 6) is -0.134.